The van der Waals surface area contributed by atoms with E-state index in [1.54, 1.807) is 0 Å². The van der Waals surface area contributed by atoms with Crippen LogP contribution in [0.15, 0.2) is 145 Å². The van der Waals surface area contributed by atoms with Crippen LogP contribution in [0.2, 0.25) is 0 Å². The van der Waals surface area contributed by atoms with Crippen molar-refractivity contribution in [2.75, 3.05) is 0 Å². The van der Waals surface area contributed by atoms with E-state index in [0.29, 0.717) is 0 Å². The summed E-state index contributed by atoms with van der Waals surface area (Å²) in [6.45, 7) is 6.44. The average molecular weight is 764 g/mol. The Balaban J connectivity index is 0.000000445. The van der Waals surface area contributed by atoms with Gasteiger partial charge in [0.15, 0.2) is 0 Å². The second kappa shape index (κ2) is 14.0. The van der Waals surface area contributed by atoms with Crippen LogP contribution in [0.25, 0.3) is 11.4 Å². The van der Waals surface area contributed by atoms with E-state index in [1.807, 2.05) is 48.7 Å². The van der Waals surface area contributed by atoms with Crippen molar-refractivity contribution in [2.24, 2.45) is 0 Å². The van der Waals surface area contributed by atoms with Crippen molar-refractivity contribution in [3.63, 3.8) is 0 Å². The predicted molar refractivity (Wildman–Crippen MR) is 173 cm³/mol. The van der Waals surface area contributed by atoms with Crippen LogP contribution in [0.3, 0.4) is 0 Å². The average Bonchev–Trinajstić information content (AvgIpc) is 3.52. The fraction of sp³-hybridized carbons (Fsp3) is 0.114. The van der Waals surface area contributed by atoms with Gasteiger partial charge in [-0.2, -0.15) is 4.90 Å². The molecule has 0 aliphatic heterocycles. The first-order valence-corrected chi connectivity index (χ1v) is 16.0. The van der Waals surface area contributed by atoms with Gasteiger partial charge < -0.3 is 22.8 Å². The Morgan fingerprint density at radius 2 is 1.19 bits per heavy atom. The van der Waals surface area contributed by atoms with E-state index < -0.39 is 8.07 Å². The minimum atomic E-state index is -2.76. The summed E-state index contributed by atoms with van der Waals surface area (Å²) in [6.07, 6.45) is 1.88. The third kappa shape index (κ3) is 6.84. The number of pyridine rings is 2. The maximum absolute atomic E-state index is 5.26. The molecule has 0 radical (unpaired) electrons. The number of benzene rings is 3. The number of hydrogen-bond donors (Lipinski definition) is 0. The zero-order valence-corrected chi connectivity index (χ0v) is 27.9. The summed E-state index contributed by atoms with van der Waals surface area (Å²) >= 11 is 4.81. The molecule has 0 amide bonds. The summed E-state index contributed by atoms with van der Waals surface area (Å²) < 4.78 is 0. The molecule has 7 heteroatoms. The standard InChI is InChI=1S/C29H27N4Si.C6H6S.Pt/c1-29(2,3)26-21-25(32-33-26)24-17-12-19-28(31-24)34(22-13-6-4-7-14-22,23-15-8-5-9-16-23)27-18-10-11-20-30-27;7-6-4-2-1-3-5-6;/h4-21H,1-3H3;1-5,7H;/q-1;;+2/p-1. The van der Waals surface area contributed by atoms with Gasteiger partial charge in [-0.25, -0.2) is 0 Å². The van der Waals surface area contributed by atoms with E-state index in [9.17, 15) is 0 Å². The van der Waals surface area contributed by atoms with Crippen molar-refractivity contribution in [1.29, 1.82) is 0 Å². The van der Waals surface area contributed by atoms with Gasteiger partial charge in [0.1, 0.15) is 0 Å². The molecule has 0 saturated carbocycles. The molecule has 0 bridgehead atoms. The molecule has 42 heavy (non-hydrogen) atoms. The van der Waals surface area contributed by atoms with Crippen molar-refractivity contribution in [2.45, 2.75) is 31.1 Å². The summed E-state index contributed by atoms with van der Waals surface area (Å²) in [6, 6.07) is 45.5. The minimum absolute atomic E-state index is 0. The summed E-state index contributed by atoms with van der Waals surface area (Å²) in [5, 5.41) is 13.5. The third-order valence-electron chi connectivity index (χ3n) is 6.91. The molecule has 6 aromatic rings. The number of aromatic nitrogens is 4. The molecule has 6 rings (SSSR count). The van der Waals surface area contributed by atoms with E-state index in [2.05, 4.69) is 122 Å². The number of hydrogen-bond acceptors (Lipinski definition) is 4. The van der Waals surface area contributed by atoms with Crippen LogP contribution in [0.4, 0.5) is 0 Å². The van der Waals surface area contributed by atoms with Gasteiger partial charge >= 0.3 is 21.1 Å². The maximum atomic E-state index is 5.26. The first-order valence-electron chi connectivity index (χ1n) is 13.6. The van der Waals surface area contributed by atoms with Crippen LogP contribution in [-0.4, -0.2) is 23.1 Å². The first kappa shape index (κ1) is 31.2. The predicted octanol–water partition coefficient (Wildman–Crippen LogP) is 4.76. The zero-order valence-electron chi connectivity index (χ0n) is 23.8. The van der Waals surface area contributed by atoms with Crippen LogP contribution in [0.5, 0.6) is 0 Å². The number of rotatable bonds is 5. The fourth-order valence-corrected chi connectivity index (χ4v) is 9.41. The van der Waals surface area contributed by atoms with Crippen LogP contribution in [0, 0.1) is 0 Å². The molecular weight excluding hydrogens is 732 g/mol. The van der Waals surface area contributed by atoms with Gasteiger partial charge in [0, 0.05) is 33.6 Å². The summed E-state index contributed by atoms with van der Waals surface area (Å²) in [5.74, 6) is 0. The van der Waals surface area contributed by atoms with Gasteiger partial charge in [-0.3, -0.25) is 9.97 Å². The molecule has 3 aromatic carbocycles. The SMILES string of the molecule is CC(C)(C)c1cc(-c2cccc([Si](c3ccccc3)(c3ccccc3)c3ccccn3)n2)[n-]n1.[Pt+2].[S-]c1ccccc1. The van der Waals surface area contributed by atoms with Crippen molar-refractivity contribution in [3.8, 4) is 11.4 Å². The molecule has 0 aliphatic carbocycles. The Morgan fingerprint density at radius 1 is 0.643 bits per heavy atom. The molecule has 0 aliphatic rings. The molecule has 0 spiro atoms. The molecule has 0 fully saturated rings. The molecular formula is C35H32N4PtSSi. The zero-order chi connectivity index (χ0) is 28.7. The molecule has 0 atom stereocenters. The van der Waals surface area contributed by atoms with Gasteiger partial charge in [0.25, 0.3) is 0 Å². The second-order valence-corrected chi connectivity index (χ2v) is 14.9. The Morgan fingerprint density at radius 3 is 1.67 bits per heavy atom. The van der Waals surface area contributed by atoms with Gasteiger partial charge in [0.2, 0.25) is 8.07 Å². The van der Waals surface area contributed by atoms with Crippen LogP contribution < -0.4 is 26.1 Å². The normalized spacial score (nSPS) is 11.1. The van der Waals surface area contributed by atoms with Crippen LogP contribution in [-0.2, 0) is 39.1 Å². The van der Waals surface area contributed by atoms with Gasteiger partial charge in [-0.1, -0.05) is 136 Å². The van der Waals surface area contributed by atoms with E-state index in [0.717, 1.165) is 32.6 Å². The van der Waals surface area contributed by atoms with E-state index in [-0.39, 0.29) is 26.5 Å². The van der Waals surface area contributed by atoms with Crippen molar-refractivity contribution < 1.29 is 21.1 Å². The summed E-state index contributed by atoms with van der Waals surface area (Å²) in [5.41, 5.74) is 2.54. The Kier molecular flexibility index (Phi) is 10.4. The van der Waals surface area contributed by atoms with E-state index in [1.165, 1.54) is 10.4 Å². The van der Waals surface area contributed by atoms with Crippen LogP contribution >= 0.6 is 0 Å². The van der Waals surface area contributed by atoms with Crippen molar-refractivity contribution in [3.05, 3.63) is 145 Å². The van der Waals surface area contributed by atoms with Gasteiger partial charge in [-0.05, 0) is 34.6 Å². The van der Waals surface area contributed by atoms with Gasteiger partial charge in [-0.15, -0.1) is 0 Å². The van der Waals surface area contributed by atoms with E-state index >= 15 is 0 Å². The Bertz CT molecular complexity index is 1580. The summed E-state index contributed by atoms with van der Waals surface area (Å²) in [4.78, 5) is 11.1. The van der Waals surface area contributed by atoms with E-state index in [4.69, 9.17) is 22.6 Å². The third-order valence-corrected chi connectivity index (χ3v) is 11.7. The Labute approximate surface area is 269 Å². The van der Waals surface area contributed by atoms with Crippen molar-refractivity contribution in [1.82, 2.24) is 20.2 Å². The Hall–Kier alpha value is -3.70. The molecule has 0 N–H and O–H groups in total. The van der Waals surface area contributed by atoms with Gasteiger partial charge in [0.05, 0.1) is 0 Å². The molecule has 0 unspecified atom stereocenters. The maximum Gasteiger partial charge on any atom is 2.00 e. The smallest absolute Gasteiger partial charge is 0.780 e. The van der Waals surface area contributed by atoms with Crippen molar-refractivity contribution >= 4 is 41.7 Å². The molecule has 3 aromatic heterocycles. The fourth-order valence-electron chi connectivity index (χ4n) is 4.84. The number of nitrogens with zero attached hydrogens (tertiary/aromatic N) is 4. The molecule has 4 nitrogen and oxygen atoms in total. The second-order valence-electron chi connectivity index (χ2n) is 10.8. The van der Waals surface area contributed by atoms with Crippen LogP contribution in [0.1, 0.15) is 26.5 Å². The molecule has 212 valence electrons. The quantitative estimate of drug-likeness (QED) is 0.188. The minimum Gasteiger partial charge on any atom is -0.780 e. The molecule has 0 saturated heterocycles. The first-order chi connectivity index (χ1) is 19.9. The summed E-state index contributed by atoms with van der Waals surface area (Å²) in [7, 11) is -2.76. The monoisotopic (exact) mass is 763 g/mol. The molecule has 3 heterocycles. The topological polar surface area (TPSA) is 52.8 Å². The largest absolute Gasteiger partial charge is 2.00 e.